The Kier molecular flexibility index (Phi) is 5.30. The maximum absolute atomic E-state index is 13.0. The van der Waals surface area contributed by atoms with E-state index in [0.717, 1.165) is 12.8 Å². The van der Waals surface area contributed by atoms with Gasteiger partial charge in [0, 0.05) is 16.8 Å². The van der Waals surface area contributed by atoms with E-state index in [0.29, 0.717) is 22.7 Å². The first-order valence-electron chi connectivity index (χ1n) is 9.87. The van der Waals surface area contributed by atoms with Crippen molar-refractivity contribution in [1.82, 2.24) is 0 Å². The highest BCUT2D eigenvalue weighted by molar-refractivity contribution is 5.99. The van der Waals surface area contributed by atoms with Gasteiger partial charge in [-0.15, -0.1) is 0 Å². The van der Waals surface area contributed by atoms with E-state index in [1.54, 1.807) is 48.5 Å². The van der Waals surface area contributed by atoms with Gasteiger partial charge < -0.3 is 10.1 Å². The number of hydrogen-bond acceptors (Lipinski definition) is 4. The summed E-state index contributed by atoms with van der Waals surface area (Å²) in [4.78, 5) is 37.5. The Labute approximate surface area is 169 Å². The molecule has 0 unspecified atom stereocenters. The molecule has 1 amide bonds. The van der Waals surface area contributed by atoms with Crippen LogP contribution in [0.15, 0.2) is 66.7 Å². The number of benzene rings is 2. The summed E-state index contributed by atoms with van der Waals surface area (Å²) in [7, 11) is 0. The molecule has 0 aromatic heterocycles. The first-order chi connectivity index (χ1) is 14.0. The third-order valence-corrected chi connectivity index (χ3v) is 5.69. The van der Waals surface area contributed by atoms with E-state index in [-0.39, 0.29) is 23.6 Å². The number of esters is 1. The number of fused-ring (bicyclic) bond motifs is 2. The fourth-order valence-electron chi connectivity index (χ4n) is 4.18. The van der Waals surface area contributed by atoms with Crippen molar-refractivity contribution >= 4 is 23.3 Å². The van der Waals surface area contributed by atoms with Gasteiger partial charge in [-0.25, -0.2) is 0 Å². The van der Waals surface area contributed by atoms with Gasteiger partial charge in [0.1, 0.15) is 0 Å². The number of carbonyl (C=O) groups is 3. The van der Waals surface area contributed by atoms with Crippen molar-refractivity contribution in [2.24, 2.45) is 17.8 Å². The van der Waals surface area contributed by atoms with Crippen LogP contribution in [0.2, 0.25) is 0 Å². The summed E-state index contributed by atoms with van der Waals surface area (Å²) >= 11 is 0. The van der Waals surface area contributed by atoms with Crippen LogP contribution in [0, 0.1) is 17.8 Å². The lowest BCUT2D eigenvalue weighted by Crippen LogP contribution is -2.30. The second-order valence-corrected chi connectivity index (χ2v) is 7.74. The van der Waals surface area contributed by atoms with Crippen LogP contribution >= 0.6 is 0 Å². The Hall–Kier alpha value is -3.21. The molecule has 148 valence electrons. The van der Waals surface area contributed by atoms with Gasteiger partial charge in [0.2, 0.25) is 6.10 Å². The van der Waals surface area contributed by atoms with Crippen molar-refractivity contribution in [3.8, 4) is 0 Å². The number of ketones is 1. The highest BCUT2D eigenvalue weighted by Crippen LogP contribution is 2.44. The smallest absolute Gasteiger partial charge is 0.310 e. The van der Waals surface area contributed by atoms with E-state index in [9.17, 15) is 14.4 Å². The molecule has 5 heteroatoms. The molecule has 29 heavy (non-hydrogen) atoms. The van der Waals surface area contributed by atoms with E-state index in [1.807, 2.05) is 6.07 Å². The number of nitrogens with one attached hydrogen (secondary N) is 1. The van der Waals surface area contributed by atoms with Crippen LogP contribution in [-0.2, 0) is 14.3 Å². The van der Waals surface area contributed by atoms with Crippen molar-refractivity contribution in [2.45, 2.75) is 25.9 Å². The lowest BCUT2D eigenvalue weighted by Gasteiger charge is -2.22. The fourth-order valence-corrected chi connectivity index (χ4v) is 4.18. The van der Waals surface area contributed by atoms with Crippen LogP contribution in [0.5, 0.6) is 0 Å². The molecule has 0 radical (unpaired) electrons. The van der Waals surface area contributed by atoms with Crippen LogP contribution < -0.4 is 5.32 Å². The number of carbonyl (C=O) groups excluding carboxylic acids is 3. The predicted molar refractivity (Wildman–Crippen MR) is 109 cm³/mol. The number of allylic oxidation sites excluding steroid dienone is 2. The molecule has 1 N–H and O–H groups in total. The number of rotatable bonds is 6. The molecule has 4 rings (SSSR count). The zero-order chi connectivity index (χ0) is 20.4. The Morgan fingerprint density at radius 2 is 1.79 bits per heavy atom. The molecule has 0 heterocycles. The normalized spacial score (nSPS) is 22.9. The van der Waals surface area contributed by atoms with Gasteiger partial charge in [-0.3, -0.25) is 14.4 Å². The van der Waals surface area contributed by atoms with E-state index < -0.39 is 12.0 Å². The molecule has 4 atom stereocenters. The minimum atomic E-state index is -1.05. The largest absolute Gasteiger partial charge is 0.447 e. The molecular formula is C24H23NO4. The van der Waals surface area contributed by atoms with E-state index in [1.165, 1.54) is 6.92 Å². The number of ether oxygens (including phenoxy) is 1. The molecule has 2 aliphatic carbocycles. The van der Waals surface area contributed by atoms with Crippen LogP contribution in [-0.4, -0.2) is 17.7 Å². The number of Topliss-reactive ketones (excluding diaryl/α,β-unsaturated/α-hetero) is 1. The fraction of sp³-hybridized carbons (Fsp3) is 0.292. The highest BCUT2D eigenvalue weighted by Gasteiger charge is 2.42. The molecule has 1 fully saturated rings. The summed E-state index contributed by atoms with van der Waals surface area (Å²) in [6.45, 7) is 1.47. The van der Waals surface area contributed by atoms with E-state index in [4.69, 9.17) is 4.74 Å². The molecular weight excluding hydrogens is 366 g/mol. The molecule has 0 saturated heterocycles. The third-order valence-electron chi connectivity index (χ3n) is 5.69. The number of hydrogen-bond donors (Lipinski definition) is 1. The lowest BCUT2D eigenvalue weighted by molar-refractivity contribution is -0.159. The first kappa shape index (κ1) is 19.1. The third kappa shape index (κ3) is 4.14. The van der Waals surface area contributed by atoms with Gasteiger partial charge in [-0.1, -0.05) is 54.6 Å². The standard InChI is InChI=1S/C24H23NO4/c1-15(26)18-8-5-9-20(14-18)25-23(27)22(17-6-3-2-4-7-17)29-24(28)21-13-16-10-11-19(21)12-16/h2-11,14,16,19,21-22H,12-13H2,1H3,(H,25,27)/t16-,19+,21+,22+/m1/s1. The Morgan fingerprint density at radius 1 is 1.00 bits per heavy atom. The van der Waals surface area contributed by atoms with Crippen molar-refractivity contribution in [3.63, 3.8) is 0 Å². The van der Waals surface area contributed by atoms with Crippen LogP contribution in [0.3, 0.4) is 0 Å². The molecule has 2 bridgehead atoms. The quantitative estimate of drug-likeness (QED) is 0.454. The minimum absolute atomic E-state index is 0.0866. The molecule has 0 spiro atoms. The Bertz CT molecular complexity index is 966. The zero-order valence-corrected chi connectivity index (χ0v) is 16.2. The van der Waals surface area contributed by atoms with Crippen LogP contribution in [0.4, 0.5) is 5.69 Å². The maximum atomic E-state index is 13.0. The van der Waals surface area contributed by atoms with Gasteiger partial charge in [0.05, 0.1) is 5.92 Å². The lowest BCUT2D eigenvalue weighted by atomic mass is 9.93. The molecule has 5 nitrogen and oxygen atoms in total. The average molecular weight is 389 g/mol. The second-order valence-electron chi connectivity index (χ2n) is 7.74. The van der Waals surface area contributed by atoms with Crippen LogP contribution in [0.1, 0.15) is 41.8 Å². The van der Waals surface area contributed by atoms with Gasteiger partial charge in [0.25, 0.3) is 5.91 Å². The number of amides is 1. The summed E-state index contributed by atoms with van der Waals surface area (Å²) in [6.07, 6.45) is 4.97. The minimum Gasteiger partial charge on any atom is -0.447 e. The monoisotopic (exact) mass is 389 g/mol. The summed E-state index contributed by atoms with van der Waals surface area (Å²) in [5.41, 5.74) is 1.60. The molecule has 2 aromatic carbocycles. The van der Waals surface area contributed by atoms with Gasteiger partial charge in [-0.2, -0.15) is 0 Å². The van der Waals surface area contributed by atoms with Gasteiger partial charge in [-0.05, 0) is 43.7 Å². The second kappa shape index (κ2) is 8.03. The Morgan fingerprint density at radius 3 is 2.45 bits per heavy atom. The van der Waals surface area contributed by atoms with Crippen LogP contribution in [0.25, 0.3) is 0 Å². The van der Waals surface area contributed by atoms with Crippen molar-refractivity contribution in [2.75, 3.05) is 5.32 Å². The summed E-state index contributed by atoms with van der Waals surface area (Å²) < 4.78 is 5.73. The SMILES string of the molecule is CC(=O)c1cccc(NC(=O)[C@@H](OC(=O)[C@H]2C[C@@H]3C=C[C@H]2C3)c2ccccc2)c1. The van der Waals surface area contributed by atoms with Gasteiger partial charge >= 0.3 is 5.97 Å². The highest BCUT2D eigenvalue weighted by atomic mass is 16.5. The topological polar surface area (TPSA) is 72.5 Å². The summed E-state index contributed by atoms with van der Waals surface area (Å²) in [5, 5.41) is 2.78. The Balaban J connectivity index is 1.53. The average Bonchev–Trinajstić information content (AvgIpc) is 3.36. The van der Waals surface area contributed by atoms with E-state index >= 15 is 0 Å². The predicted octanol–water partition coefficient (Wildman–Crippen LogP) is 4.32. The molecule has 2 aromatic rings. The summed E-state index contributed by atoms with van der Waals surface area (Å²) in [6, 6.07) is 15.7. The van der Waals surface area contributed by atoms with Crippen molar-refractivity contribution < 1.29 is 19.1 Å². The van der Waals surface area contributed by atoms with E-state index in [2.05, 4.69) is 17.5 Å². The van der Waals surface area contributed by atoms with Gasteiger partial charge in [0.15, 0.2) is 5.78 Å². The molecule has 1 saturated carbocycles. The summed E-state index contributed by atoms with van der Waals surface area (Å²) in [5.74, 6) is -0.399. The molecule has 2 aliphatic rings. The van der Waals surface area contributed by atoms with Crippen molar-refractivity contribution in [1.29, 1.82) is 0 Å². The van der Waals surface area contributed by atoms with Crippen molar-refractivity contribution in [3.05, 3.63) is 77.9 Å². The maximum Gasteiger partial charge on any atom is 0.310 e. The number of anilines is 1. The first-order valence-corrected chi connectivity index (χ1v) is 9.87. The zero-order valence-electron chi connectivity index (χ0n) is 16.2. The molecule has 0 aliphatic heterocycles.